The van der Waals surface area contributed by atoms with Crippen molar-refractivity contribution in [2.75, 3.05) is 0 Å². The molecule has 4 unspecified atom stereocenters. The van der Waals surface area contributed by atoms with Crippen molar-refractivity contribution in [3.8, 4) is 0 Å². The van der Waals surface area contributed by atoms with Crippen LogP contribution in [0, 0.1) is 17.3 Å². The topological polar surface area (TPSA) is 21.6 Å². The average molecular weight is 189 g/mol. The van der Waals surface area contributed by atoms with Crippen molar-refractivity contribution in [1.29, 1.82) is 0 Å². The Bertz CT molecular complexity index is 373. The van der Waals surface area contributed by atoms with Gasteiger partial charge in [0.25, 0.3) is 0 Å². The van der Waals surface area contributed by atoms with E-state index >= 15 is 0 Å². The standard InChI is InChI=1S/C12H15NO/c1-11-8-4-5-9(7-8)12(11)6-2-3-10(12)13-14-11/h4-5,8-9H,2-3,6-7H2,1H3. The molecular formula is C12H15NO. The van der Waals surface area contributed by atoms with E-state index in [1.165, 1.54) is 31.4 Å². The van der Waals surface area contributed by atoms with Crippen LogP contribution in [0.3, 0.4) is 0 Å². The van der Waals surface area contributed by atoms with Gasteiger partial charge in [0.15, 0.2) is 5.60 Å². The summed E-state index contributed by atoms with van der Waals surface area (Å²) >= 11 is 0. The molecule has 1 heterocycles. The fraction of sp³-hybridized carbons (Fsp3) is 0.750. The predicted octanol–water partition coefficient (Wildman–Crippen LogP) is 2.51. The molecule has 0 N–H and O–H groups in total. The van der Waals surface area contributed by atoms with Gasteiger partial charge in [-0.1, -0.05) is 17.3 Å². The van der Waals surface area contributed by atoms with Crippen molar-refractivity contribution >= 4 is 5.71 Å². The van der Waals surface area contributed by atoms with E-state index in [1.807, 2.05) is 0 Å². The molecule has 0 saturated heterocycles. The molecule has 4 rings (SSSR count). The number of fused-ring (bicyclic) bond motifs is 3. The van der Waals surface area contributed by atoms with Gasteiger partial charge in [-0.25, -0.2) is 0 Å². The van der Waals surface area contributed by atoms with E-state index in [4.69, 9.17) is 4.84 Å². The highest BCUT2D eigenvalue weighted by Crippen LogP contribution is 2.67. The maximum Gasteiger partial charge on any atom is 0.152 e. The molecule has 2 heteroatoms. The van der Waals surface area contributed by atoms with Crippen LogP contribution in [0.2, 0.25) is 0 Å². The highest BCUT2D eigenvalue weighted by Gasteiger charge is 2.71. The lowest BCUT2D eigenvalue weighted by Crippen LogP contribution is -2.48. The van der Waals surface area contributed by atoms with Crippen LogP contribution in [0.25, 0.3) is 0 Å². The van der Waals surface area contributed by atoms with Crippen molar-refractivity contribution in [3.05, 3.63) is 12.2 Å². The summed E-state index contributed by atoms with van der Waals surface area (Å²) < 4.78 is 0. The summed E-state index contributed by atoms with van der Waals surface area (Å²) in [6.07, 6.45) is 9.86. The lowest BCUT2D eigenvalue weighted by atomic mass is 9.64. The summed E-state index contributed by atoms with van der Waals surface area (Å²) in [5.74, 6) is 1.34. The van der Waals surface area contributed by atoms with Crippen LogP contribution in [-0.2, 0) is 4.84 Å². The van der Waals surface area contributed by atoms with Gasteiger partial charge < -0.3 is 4.84 Å². The first-order valence-corrected chi connectivity index (χ1v) is 5.71. The summed E-state index contributed by atoms with van der Waals surface area (Å²) in [5, 5.41) is 4.36. The second kappa shape index (κ2) is 1.93. The lowest BCUT2D eigenvalue weighted by Gasteiger charge is -2.40. The maximum absolute atomic E-state index is 5.79. The minimum Gasteiger partial charge on any atom is -0.388 e. The summed E-state index contributed by atoms with van der Waals surface area (Å²) in [6, 6.07) is 0. The van der Waals surface area contributed by atoms with E-state index < -0.39 is 0 Å². The molecule has 2 bridgehead atoms. The Kier molecular flexibility index (Phi) is 1.03. The fourth-order valence-corrected chi connectivity index (χ4v) is 4.43. The Balaban J connectivity index is 1.98. The molecule has 14 heavy (non-hydrogen) atoms. The van der Waals surface area contributed by atoms with E-state index in [1.54, 1.807) is 0 Å². The molecule has 2 saturated carbocycles. The van der Waals surface area contributed by atoms with Gasteiger partial charge in [0, 0.05) is 5.92 Å². The van der Waals surface area contributed by atoms with Crippen LogP contribution in [0.15, 0.2) is 17.3 Å². The lowest BCUT2D eigenvalue weighted by molar-refractivity contribution is -0.0787. The van der Waals surface area contributed by atoms with Gasteiger partial charge in [-0.15, -0.1) is 0 Å². The third kappa shape index (κ3) is 0.503. The van der Waals surface area contributed by atoms with E-state index in [-0.39, 0.29) is 5.60 Å². The molecule has 3 aliphatic carbocycles. The van der Waals surface area contributed by atoms with Crippen LogP contribution in [0.5, 0.6) is 0 Å². The molecule has 0 radical (unpaired) electrons. The number of hydrogen-bond acceptors (Lipinski definition) is 2. The molecule has 2 fully saturated rings. The van der Waals surface area contributed by atoms with E-state index in [0.717, 1.165) is 5.92 Å². The highest BCUT2D eigenvalue weighted by molar-refractivity contribution is 5.95. The average Bonchev–Trinajstić information content (AvgIpc) is 2.83. The first-order valence-electron chi connectivity index (χ1n) is 5.71. The Labute approximate surface area is 84.0 Å². The van der Waals surface area contributed by atoms with Crippen molar-refractivity contribution in [2.24, 2.45) is 22.4 Å². The van der Waals surface area contributed by atoms with Gasteiger partial charge in [0.2, 0.25) is 0 Å². The first-order chi connectivity index (χ1) is 6.77. The van der Waals surface area contributed by atoms with E-state index in [0.29, 0.717) is 11.3 Å². The molecule has 0 aromatic heterocycles. The smallest absolute Gasteiger partial charge is 0.152 e. The summed E-state index contributed by atoms with van der Waals surface area (Å²) in [4.78, 5) is 5.79. The number of nitrogens with zero attached hydrogens (tertiary/aromatic N) is 1. The van der Waals surface area contributed by atoms with Crippen LogP contribution in [0.1, 0.15) is 32.6 Å². The van der Waals surface area contributed by atoms with Crippen molar-refractivity contribution in [2.45, 2.75) is 38.2 Å². The van der Waals surface area contributed by atoms with Crippen LogP contribution in [0.4, 0.5) is 0 Å². The first kappa shape index (κ1) is 7.49. The quantitative estimate of drug-likeness (QED) is 0.536. The van der Waals surface area contributed by atoms with Crippen molar-refractivity contribution in [1.82, 2.24) is 0 Å². The third-order valence-corrected chi connectivity index (χ3v) is 5.16. The molecule has 74 valence electrons. The SMILES string of the molecule is CC12ON=C3CCCC31C1C=CC2C1. The number of allylic oxidation sites excluding steroid dienone is 1. The van der Waals surface area contributed by atoms with Gasteiger partial charge in [0.1, 0.15) is 0 Å². The summed E-state index contributed by atoms with van der Waals surface area (Å²) in [7, 11) is 0. The third-order valence-electron chi connectivity index (χ3n) is 5.16. The van der Waals surface area contributed by atoms with E-state index in [9.17, 15) is 0 Å². The zero-order chi connectivity index (χ0) is 9.39. The molecule has 4 aliphatic rings. The summed E-state index contributed by atoms with van der Waals surface area (Å²) in [6.45, 7) is 2.28. The molecular weight excluding hydrogens is 174 g/mol. The van der Waals surface area contributed by atoms with Crippen molar-refractivity contribution < 1.29 is 4.84 Å². The molecule has 2 nitrogen and oxygen atoms in total. The summed E-state index contributed by atoms with van der Waals surface area (Å²) in [5.41, 5.74) is 1.70. The van der Waals surface area contributed by atoms with Crippen LogP contribution < -0.4 is 0 Å². The minimum absolute atomic E-state index is 0.0122. The van der Waals surface area contributed by atoms with Crippen molar-refractivity contribution in [3.63, 3.8) is 0 Å². The zero-order valence-corrected chi connectivity index (χ0v) is 8.49. The predicted molar refractivity (Wildman–Crippen MR) is 53.9 cm³/mol. The van der Waals surface area contributed by atoms with Gasteiger partial charge in [-0.2, -0.15) is 0 Å². The van der Waals surface area contributed by atoms with Gasteiger partial charge in [-0.3, -0.25) is 0 Å². The maximum atomic E-state index is 5.79. The molecule has 1 spiro atoms. The Morgan fingerprint density at radius 3 is 3.21 bits per heavy atom. The largest absolute Gasteiger partial charge is 0.388 e. The minimum atomic E-state index is 0.0122. The highest BCUT2D eigenvalue weighted by atomic mass is 16.7. The fourth-order valence-electron chi connectivity index (χ4n) is 4.43. The molecule has 4 atom stereocenters. The Hall–Kier alpha value is -0.790. The Morgan fingerprint density at radius 1 is 1.43 bits per heavy atom. The molecule has 1 aliphatic heterocycles. The number of hydrogen-bond donors (Lipinski definition) is 0. The van der Waals surface area contributed by atoms with Crippen LogP contribution >= 0.6 is 0 Å². The van der Waals surface area contributed by atoms with Crippen LogP contribution in [-0.4, -0.2) is 11.3 Å². The number of rotatable bonds is 0. The zero-order valence-electron chi connectivity index (χ0n) is 8.49. The normalized spacial score (nSPS) is 57.1. The van der Waals surface area contributed by atoms with Gasteiger partial charge >= 0.3 is 0 Å². The van der Waals surface area contributed by atoms with Gasteiger partial charge in [0.05, 0.1) is 11.1 Å². The Morgan fingerprint density at radius 2 is 2.29 bits per heavy atom. The number of oxime groups is 1. The van der Waals surface area contributed by atoms with E-state index in [2.05, 4.69) is 24.2 Å². The second-order valence-corrected chi connectivity index (χ2v) is 5.39. The van der Waals surface area contributed by atoms with Gasteiger partial charge in [-0.05, 0) is 38.5 Å². The molecule has 0 aromatic rings. The molecule has 0 aromatic carbocycles. The molecule has 0 amide bonds. The second-order valence-electron chi connectivity index (χ2n) is 5.39. The monoisotopic (exact) mass is 189 g/mol.